The first-order valence-electron chi connectivity index (χ1n) is 4.78. The molecule has 2 aromatic rings. The van der Waals surface area contributed by atoms with Crippen LogP contribution in [0.5, 0.6) is 0 Å². The highest BCUT2D eigenvalue weighted by Gasteiger charge is 2.07. The third-order valence-electron chi connectivity index (χ3n) is 2.32. The fourth-order valence-electron chi connectivity index (χ4n) is 1.73. The Hall–Kier alpha value is -0.950. The number of fused-ring (bicyclic) bond motifs is 1. The zero-order valence-corrected chi connectivity index (χ0v) is 9.47. The first-order chi connectivity index (χ1) is 6.77. The van der Waals surface area contributed by atoms with Crippen molar-refractivity contribution < 1.29 is 0 Å². The molecule has 0 aliphatic carbocycles. The highest BCUT2D eigenvalue weighted by atomic mass is 32.2. The molecule has 14 heavy (non-hydrogen) atoms. The number of hydrogen-bond donors (Lipinski definition) is 0. The first-order valence-corrected chi connectivity index (χ1v) is 6.99. The minimum absolute atomic E-state index is 0.477. The molecule has 0 aromatic heterocycles. The summed E-state index contributed by atoms with van der Waals surface area (Å²) in [6, 6.07) is 15.2. The van der Waals surface area contributed by atoms with Crippen molar-refractivity contribution in [1.29, 1.82) is 0 Å². The maximum atomic E-state index is 2.29. The van der Waals surface area contributed by atoms with Crippen molar-refractivity contribution in [3.63, 3.8) is 0 Å². The minimum atomic E-state index is 0.477. The molecule has 0 bridgehead atoms. The molecule has 2 rings (SSSR count). The molecule has 0 amide bonds. The summed E-state index contributed by atoms with van der Waals surface area (Å²) in [6.45, 7) is 0. The average molecular weight is 203 g/mol. The van der Waals surface area contributed by atoms with Crippen molar-refractivity contribution in [2.24, 2.45) is 0 Å². The lowest BCUT2D eigenvalue weighted by Crippen LogP contribution is -1.99. The van der Waals surface area contributed by atoms with E-state index < -0.39 is 0 Å². The van der Waals surface area contributed by atoms with Crippen LogP contribution in [0.2, 0.25) is 0 Å². The molecule has 0 spiro atoms. The van der Waals surface area contributed by atoms with Gasteiger partial charge in [-0.1, -0.05) is 42.5 Å². The molecule has 0 aliphatic rings. The average Bonchev–Trinajstić information content (AvgIpc) is 2.18. The molecule has 1 heteroatoms. The van der Waals surface area contributed by atoms with E-state index in [2.05, 4.69) is 55.0 Å². The van der Waals surface area contributed by atoms with Gasteiger partial charge < -0.3 is 0 Å². The Morgan fingerprint density at radius 2 is 1.64 bits per heavy atom. The third-order valence-corrected chi connectivity index (χ3v) is 3.21. The second kappa shape index (κ2) is 4.05. The highest BCUT2D eigenvalue weighted by molar-refractivity contribution is 7.94. The van der Waals surface area contributed by atoms with Crippen LogP contribution in [0.1, 0.15) is 5.56 Å². The molecular weight excluding hydrogens is 188 g/mol. The van der Waals surface area contributed by atoms with Gasteiger partial charge in [-0.3, -0.25) is 0 Å². The minimum Gasteiger partial charge on any atom is -0.0616 e. The summed E-state index contributed by atoms with van der Waals surface area (Å²) in [4.78, 5) is 0. The quantitative estimate of drug-likeness (QED) is 0.657. The van der Waals surface area contributed by atoms with Crippen molar-refractivity contribution in [3.8, 4) is 0 Å². The van der Waals surface area contributed by atoms with Crippen LogP contribution in [-0.4, -0.2) is 12.5 Å². The molecule has 0 aliphatic heterocycles. The van der Waals surface area contributed by atoms with Gasteiger partial charge in [0.05, 0.1) is 12.5 Å². The Kier molecular flexibility index (Phi) is 2.78. The lowest BCUT2D eigenvalue weighted by molar-refractivity contribution is 1.45. The molecule has 72 valence electrons. The molecule has 0 saturated carbocycles. The van der Waals surface area contributed by atoms with Crippen LogP contribution in [0.15, 0.2) is 42.5 Å². The molecule has 0 heterocycles. The first kappa shape index (κ1) is 9.60. The maximum absolute atomic E-state index is 2.29. The molecular formula is C13H15S+. The van der Waals surface area contributed by atoms with Gasteiger partial charge in [-0.15, -0.1) is 0 Å². The van der Waals surface area contributed by atoms with Crippen molar-refractivity contribution in [3.05, 3.63) is 48.0 Å². The summed E-state index contributed by atoms with van der Waals surface area (Å²) >= 11 is 0. The van der Waals surface area contributed by atoms with Crippen LogP contribution < -0.4 is 0 Å². The number of rotatable bonds is 2. The molecule has 2 aromatic carbocycles. The number of benzene rings is 2. The number of hydrogen-bond acceptors (Lipinski definition) is 0. The van der Waals surface area contributed by atoms with Gasteiger partial charge in [0.2, 0.25) is 0 Å². The van der Waals surface area contributed by atoms with E-state index in [0.29, 0.717) is 10.9 Å². The predicted molar refractivity (Wildman–Crippen MR) is 66.9 cm³/mol. The van der Waals surface area contributed by atoms with E-state index in [1.165, 1.54) is 22.1 Å². The lowest BCUT2D eigenvalue weighted by Gasteiger charge is -2.03. The summed E-state index contributed by atoms with van der Waals surface area (Å²) in [5.41, 5.74) is 1.48. The van der Waals surface area contributed by atoms with Gasteiger partial charge in [0.1, 0.15) is 5.75 Å². The van der Waals surface area contributed by atoms with E-state index in [4.69, 9.17) is 0 Å². The summed E-state index contributed by atoms with van der Waals surface area (Å²) < 4.78 is 0. The van der Waals surface area contributed by atoms with Gasteiger partial charge >= 0.3 is 0 Å². The normalized spacial score (nSPS) is 11.1. The Balaban J connectivity index is 2.53. The van der Waals surface area contributed by atoms with Crippen LogP contribution in [0, 0.1) is 0 Å². The molecule has 0 atom stereocenters. The molecule has 0 unspecified atom stereocenters. The largest absolute Gasteiger partial charge is 0.133 e. The Morgan fingerprint density at radius 3 is 2.43 bits per heavy atom. The van der Waals surface area contributed by atoms with Crippen molar-refractivity contribution in [2.45, 2.75) is 5.75 Å². The van der Waals surface area contributed by atoms with E-state index in [9.17, 15) is 0 Å². The zero-order valence-electron chi connectivity index (χ0n) is 8.66. The Labute approximate surface area is 88.3 Å². The summed E-state index contributed by atoms with van der Waals surface area (Å²) in [6.07, 6.45) is 4.59. The van der Waals surface area contributed by atoms with E-state index in [1.807, 2.05) is 0 Å². The van der Waals surface area contributed by atoms with Gasteiger partial charge in [0.25, 0.3) is 0 Å². The maximum Gasteiger partial charge on any atom is 0.133 e. The van der Waals surface area contributed by atoms with Crippen LogP contribution in [0.4, 0.5) is 0 Å². The highest BCUT2D eigenvalue weighted by Crippen LogP contribution is 2.20. The third kappa shape index (κ3) is 1.93. The fourth-order valence-corrected chi connectivity index (χ4v) is 2.60. The standard InChI is InChI=1S/C13H15S/c1-14(2)10-12-8-5-7-11-6-3-4-9-13(11)12/h3-9H,10H2,1-2H3/q+1. The summed E-state index contributed by atoms with van der Waals surface area (Å²) in [5.74, 6) is 1.20. The second-order valence-corrected chi connectivity index (χ2v) is 6.03. The van der Waals surface area contributed by atoms with E-state index in [1.54, 1.807) is 0 Å². The zero-order chi connectivity index (χ0) is 9.97. The summed E-state index contributed by atoms with van der Waals surface area (Å²) in [5, 5.41) is 2.77. The van der Waals surface area contributed by atoms with E-state index in [-0.39, 0.29) is 0 Å². The van der Waals surface area contributed by atoms with Gasteiger partial charge in [0.15, 0.2) is 0 Å². The molecule has 0 nitrogen and oxygen atoms in total. The van der Waals surface area contributed by atoms with Crippen molar-refractivity contribution >= 4 is 21.7 Å². The van der Waals surface area contributed by atoms with Crippen LogP contribution in [0.3, 0.4) is 0 Å². The van der Waals surface area contributed by atoms with Crippen LogP contribution in [-0.2, 0) is 16.6 Å². The monoisotopic (exact) mass is 203 g/mol. The van der Waals surface area contributed by atoms with Gasteiger partial charge in [-0.25, -0.2) is 0 Å². The van der Waals surface area contributed by atoms with Gasteiger partial charge in [0, 0.05) is 5.56 Å². The molecule has 0 radical (unpaired) electrons. The smallest absolute Gasteiger partial charge is 0.0616 e. The Bertz CT molecular complexity index is 427. The van der Waals surface area contributed by atoms with E-state index in [0.717, 1.165) is 0 Å². The van der Waals surface area contributed by atoms with Crippen LogP contribution in [0.25, 0.3) is 10.8 Å². The van der Waals surface area contributed by atoms with Crippen LogP contribution >= 0.6 is 0 Å². The SMILES string of the molecule is C[S+](C)Cc1cccc2ccccc12. The topological polar surface area (TPSA) is 0 Å². The van der Waals surface area contributed by atoms with Gasteiger partial charge in [-0.2, -0.15) is 0 Å². The Morgan fingerprint density at radius 1 is 0.929 bits per heavy atom. The van der Waals surface area contributed by atoms with Crippen molar-refractivity contribution in [2.75, 3.05) is 12.5 Å². The second-order valence-electron chi connectivity index (χ2n) is 3.77. The molecule has 0 fully saturated rings. The van der Waals surface area contributed by atoms with Crippen molar-refractivity contribution in [1.82, 2.24) is 0 Å². The predicted octanol–water partition coefficient (Wildman–Crippen LogP) is 3.22. The van der Waals surface area contributed by atoms with E-state index >= 15 is 0 Å². The fraction of sp³-hybridized carbons (Fsp3) is 0.231. The molecule has 0 N–H and O–H groups in total. The summed E-state index contributed by atoms with van der Waals surface area (Å²) in [7, 11) is 0.477. The lowest BCUT2D eigenvalue weighted by atomic mass is 10.1. The molecule has 0 saturated heterocycles. The van der Waals surface area contributed by atoms with Gasteiger partial charge in [-0.05, 0) is 21.7 Å².